The largest absolute Gasteiger partial charge is 0.487 e. The van der Waals surface area contributed by atoms with Crippen LogP contribution in [-0.2, 0) is 4.74 Å². The summed E-state index contributed by atoms with van der Waals surface area (Å²) in [6.07, 6.45) is -13.8. The molecule has 0 unspecified atom stereocenters. The molecule has 13 heteroatoms. The zero-order chi connectivity index (χ0) is 23.9. The van der Waals surface area contributed by atoms with Gasteiger partial charge in [0.1, 0.15) is 6.61 Å². The van der Waals surface area contributed by atoms with E-state index in [9.17, 15) is 39.5 Å². The van der Waals surface area contributed by atoms with Gasteiger partial charge in [0.15, 0.2) is 23.2 Å². The number of anilines is 1. The fourth-order valence-corrected chi connectivity index (χ4v) is 3.00. The van der Waals surface area contributed by atoms with E-state index in [-0.39, 0.29) is 28.3 Å². The van der Waals surface area contributed by atoms with Crippen molar-refractivity contribution in [2.45, 2.75) is 24.2 Å². The van der Waals surface area contributed by atoms with Gasteiger partial charge in [0, 0.05) is 17.8 Å². The molecule has 1 heterocycles. The van der Waals surface area contributed by atoms with Gasteiger partial charge in [0.25, 0.3) is 0 Å². The van der Waals surface area contributed by atoms with Crippen LogP contribution in [0.2, 0.25) is 0 Å². The second-order valence-corrected chi connectivity index (χ2v) is 6.78. The van der Waals surface area contributed by atoms with Crippen LogP contribution in [0.4, 0.5) is 45.2 Å². The SMILES string of the molecule is N#Cc1ccc(N2C[C@](COc3cc(F)c(F)cc3F)(C(F)(F)F)O[C@@H]2C(F)(F)F)cc1. The number of rotatable bonds is 4. The van der Waals surface area contributed by atoms with Crippen molar-refractivity contribution in [1.82, 2.24) is 0 Å². The maximum Gasteiger partial charge on any atom is 0.433 e. The van der Waals surface area contributed by atoms with Gasteiger partial charge in [-0.3, -0.25) is 0 Å². The Balaban J connectivity index is 1.98. The van der Waals surface area contributed by atoms with Gasteiger partial charge in [-0.15, -0.1) is 0 Å². The van der Waals surface area contributed by atoms with Gasteiger partial charge >= 0.3 is 12.4 Å². The monoisotopic (exact) mass is 470 g/mol. The lowest BCUT2D eigenvalue weighted by Crippen LogP contribution is -2.53. The third-order valence-corrected chi connectivity index (χ3v) is 4.61. The molecule has 0 N–H and O–H groups in total. The molecule has 1 fully saturated rings. The molecule has 4 nitrogen and oxygen atoms in total. The average Bonchev–Trinajstić information content (AvgIpc) is 3.12. The van der Waals surface area contributed by atoms with Crippen molar-refractivity contribution < 1.29 is 49.0 Å². The first-order chi connectivity index (χ1) is 14.8. The van der Waals surface area contributed by atoms with E-state index in [1.165, 1.54) is 0 Å². The summed E-state index contributed by atoms with van der Waals surface area (Å²) in [4.78, 5) is 0.263. The third-order valence-electron chi connectivity index (χ3n) is 4.61. The summed E-state index contributed by atoms with van der Waals surface area (Å²) < 4.78 is 131. The lowest BCUT2D eigenvalue weighted by molar-refractivity contribution is -0.305. The number of benzene rings is 2. The zero-order valence-electron chi connectivity index (χ0n) is 15.6. The van der Waals surface area contributed by atoms with Gasteiger partial charge < -0.3 is 14.4 Å². The molecule has 3 rings (SSSR count). The minimum atomic E-state index is -5.44. The molecule has 172 valence electrons. The summed E-state index contributed by atoms with van der Waals surface area (Å²) >= 11 is 0. The van der Waals surface area contributed by atoms with Crippen molar-refractivity contribution in [2.75, 3.05) is 18.1 Å². The first-order valence-electron chi connectivity index (χ1n) is 8.63. The molecule has 2 aromatic rings. The van der Waals surface area contributed by atoms with E-state index in [4.69, 9.17) is 5.26 Å². The van der Waals surface area contributed by atoms with Crippen LogP contribution < -0.4 is 9.64 Å². The minimum Gasteiger partial charge on any atom is -0.487 e. The molecule has 32 heavy (non-hydrogen) atoms. The number of halogens is 9. The van der Waals surface area contributed by atoms with Crippen molar-refractivity contribution in [1.29, 1.82) is 5.26 Å². The second kappa shape index (κ2) is 8.09. The van der Waals surface area contributed by atoms with E-state index in [2.05, 4.69) is 9.47 Å². The summed E-state index contributed by atoms with van der Waals surface area (Å²) in [5, 5.41) is 8.79. The van der Waals surface area contributed by atoms with Crippen molar-refractivity contribution in [2.24, 2.45) is 0 Å². The predicted molar refractivity (Wildman–Crippen MR) is 90.0 cm³/mol. The molecule has 0 radical (unpaired) electrons. The van der Waals surface area contributed by atoms with Gasteiger partial charge in [-0.1, -0.05) is 0 Å². The fourth-order valence-electron chi connectivity index (χ4n) is 3.00. The zero-order valence-corrected chi connectivity index (χ0v) is 15.6. The van der Waals surface area contributed by atoms with Crippen molar-refractivity contribution in [3.63, 3.8) is 0 Å². The molecule has 1 aliphatic rings. The van der Waals surface area contributed by atoms with Crippen LogP contribution >= 0.6 is 0 Å². The van der Waals surface area contributed by atoms with Crippen LogP contribution in [0.1, 0.15) is 5.56 Å². The van der Waals surface area contributed by atoms with E-state index in [1.807, 2.05) is 0 Å². The molecule has 0 bridgehead atoms. The quantitative estimate of drug-likeness (QED) is 0.462. The maximum absolute atomic E-state index is 13.9. The Labute approximate surface area is 174 Å². The number of nitrogens with zero attached hydrogens (tertiary/aromatic N) is 2. The van der Waals surface area contributed by atoms with E-state index in [0.29, 0.717) is 0 Å². The topological polar surface area (TPSA) is 45.5 Å². The standard InChI is InChI=1S/C19H11F9N2O2/c20-12-5-14(22)15(6-13(12)21)31-9-17(19(26,27)28)8-30(16(32-17)18(23,24)25)11-3-1-10(7-29)2-4-11/h1-6,16H,8-9H2/t16-,17+/m1/s1. The first kappa shape index (κ1) is 23.5. The van der Waals surface area contributed by atoms with Gasteiger partial charge in [-0.2, -0.15) is 31.6 Å². The molecule has 0 amide bonds. The Morgan fingerprint density at radius 1 is 1.00 bits per heavy atom. The van der Waals surface area contributed by atoms with Crippen LogP contribution in [0.15, 0.2) is 36.4 Å². The molecule has 2 atom stereocenters. The smallest absolute Gasteiger partial charge is 0.433 e. The van der Waals surface area contributed by atoms with Crippen LogP contribution in [-0.4, -0.2) is 37.3 Å². The lowest BCUT2D eigenvalue weighted by atomic mass is 10.0. The molecule has 1 aliphatic heterocycles. The van der Waals surface area contributed by atoms with Gasteiger partial charge in [-0.05, 0) is 24.3 Å². The summed E-state index contributed by atoms with van der Waals surface area (Å²) in [5.41, 5.74) is -3.88. The first-order valence-corrected chi connectivity index (χ1v) is 8.63. The fraction of sp³-hybridized carbons (Fsp3) is 0.316. The normalized spacial score (nSPS) is 21.5. The van der Waals surface area contributed by atoms with Gasteiger partial charge in [0.05, 0.1) is 18.2 Å². The Morgan fingerprint density at radius 3 is 2.12 bits per heavy atom. The van der Waals surface area contributed by atoms with Crippen molar-refractivity contribution in [3.05, 3.63) is 59.4 Å². The van der Waals surface area contributed by atoms with Crippen LogP contribution in [0.3, 0.4) is 0 Å². The number of alkyl halides is 6. The number of hydrogen-bond donors (Lipinski definition) is 0. The molecule has 0 aromatic heterocycles. The minimum absolute atomic E-state index is 0.0159. The maximum atomic E-state index is 13.9. The van der Waals surface area contributed by atoms with Crippen LogP contribution in [0.25, 0.3) is 0 Å². The molecular weight excluding hydrogens is 459 g/mol. The molecule has 0 spiro atoms. The average molecular weight is 470 g/mol. The highest BCUT2D eigenvalue weighted by Crippen LogP contribution is 2.46. The molecule has 1 saturated heterocycles. The Morgan fingerprint density at radius 2 is 1.59 bits per heavy atom. The number of hydrogen-bond acceptors (Lipinski definition) is 4. The van der Waals surface area contributed by atoms with Crippen LogP contribution in [0.5, 0.6) is 5.75 Å². The molecule has 0 aliphatic carbocycles. The predicted octanol–water partition coefficient (Wildman–Crippen LogP) is 5.08. The lowest BCUT2D eigenvalue weighted by Gasteiger charge is -2.30. The number of nitriles is 1. The highest BCUT2D eigenvalue weighted by molar-refractivity contribution is 5.52. The highest BCUT2D eigenvalue weighted by atomic mass is 19.4. The summed E-state index contributed by atoms with van der Waals surface area (Å²) in [6, 6.07) is 6.07. The molecular formula is C19H11F9N2O2. The molecule has 2 aromatic carbocycles. The third kappa shape index (κ3) is 4.40. The Kier molecular flexibility index (Phi) is 5.94. The Hall–Kier alpha value is -3.14. The van der Waals surface area contributed by atoms with Gasteiger partial charge in [-0.25, -0.2) is 13.2 Å². The second-order valence-electron chi connectivity index (χ2n) is 6.78. The summed E-state index contributed by atoms with van der Waals surface area (Å²) in [5.74, 6) is -5.98. The summed E-state index contributed by atoms with van der Waals surface area (Å²) in [6.45, 7) is -3.10. The van der Waals surface area contributed by atoms with E-state index in [1.54, 1.807) is 6.07 Å². The van der Waals surface area contributed by atoms with E-state index >= 15 is 0 Å². The van der Waals surface area contributed by atoms with Gasteiger partial charge in [0.2, 0.25) is 11.8 Å². The highest BCUT2D eigenvalue weighted by Gasteiger charge is 2.67. The summed E-state index contributed by atoms with van der Waals surface area (Å²) in [7, 11) is 0. The van der Waals surface area contributed by atoms with Crippen molar-refractivity contribution in [3.8, 4) is 11.8 Å². The number of ether oxygens (including phenoxy) is 2. The molecule has 0 saturated carbocycles. The Bertz CT molecular complexity index is 1030. The van der Waals surface area contributed by atoms with Crippen molar-refractivity contribution >= 4 is 5.69 Å². The van der Waals surface area contributed by atoms with Crippen LogP contribution in [0, 0.1) is 28.8 Å². The van der Waals surface area contributed by atoms with E-state index < -0.39 is 60.5 Å². The van der Waals surface area contributed by atoms with E-state index in [0.717, 1.165) is 24.3 Å².